The van der Waals surface area contributed by atoms with Crippen molar-refractivity contribution < 1.29 is 18.7 Å². The molecule has 3 aliphatic rings. The number of carbonyl (C=O) groups excluding carboxylic acids is 2. The number of nitrogens with one attached hydrogen (secondary N) is 2. The van der Waals surface area contributed by atoms with E-state index < -0.39 is 29.3 Å². The van der Waals surface area contributed by atoms with E-state index in [-0.39, 0.29) is 30.0 Å². The minimum absolute atomic E-state index is 0.0334. The summed E-state index contributed by atoms with van der Waals surface area (Å²) in [6, 6.07) is 10.6. The van der Waals surface area contributed by atoms with Crippen molar-refractivity contribution in [2.75, 3.05) is 18.5 Å². The van der Waals surface area contributed by atoms with Crippen LogP contribution in [0.15, 0.2) is 30.3 Å². The van der Waals surface area contributed by atoms with Gasteiger partial charge in [-0.2, -0.15) is 10.5 Å². The van der Waals surface area contributed by atoms with Crippen LogP contribution in [0.5, 0.6) is 5.75 Å². The highest BCUT2D eigenvalue weighted by atomic mass is 19.1. The molecule has 154 valence electrons. The lowest BCUT2D eigenvalue weighted by Crippen LogP contribution is -2.52. The van der Waals surface area contributed by atoms with E-state index >= 15 is 0 Å². The Morgan fingerprint density at radius 3 is 2.84 bits per heavy atom. The number of urea groups is 1. The Morgan fingerprint density at radius 1 is 1.32 bits per heavy atom. The van der Waals surface area contributed by atoms with Crippen molar-refractivity contribution in [3.05, 3.63) is 58.4 Å². The van der Waals surface area contributed by atoms with Crippen molar-refractivity contribution >= 4 is 17.6 Å². The predicted molar refractivity (Wildman–Crippen MR) is 105 cm³/mol. The third-order valence-corrected chi connectivity index (χ3v) is 5.99. The first-order valence-corrected chi connectivity index (χ1v) is 9.75. The zero-order valence-electron chi connectivity index (χ0n) is 16.2. The maximum atomic E-state index is 14.5. The summed E-state index contributed by atoms with van der Waals surface area (Å²) in [5.41, 5.74) is 1.43. The summed E-state index contributed by atoms with van der Waals surface area (Å²) in [6.07, 6.45) is 1.31. The number of halogens is 1. The molecule has 2 heterocycles. The van der Waals surface area contributed by atoms with Crippen molar-refractivity contribution in [3.8, 4) is 17.9 Å². The first-order valence-electron chi connectivity index (χ1n) is 9.75. The molecule has 0 unspecified atom stereocenters. The Balaban J connectivity index is 1.38. The largest absolute Gasteiger partial charge is 0.491 e. The normalized spacial score (nSPS) is 19.4. The molecule has 0 saturated heterocycles. The van der Waals surface area contributed by atoms with E-state index in [9.17, 15) is 19.2 Å². The fraction of sp³-hybridized carbons (Fsp3) is 0.273. The zero-order chi connectivity index (χ0) is 21.8. The van der Waals surface area contributed by atoms with Crippen LogP contribution in [0.3, 0.4) is 0 Å². The number of fused-ring (bicyclic) bond motifs is 3. The Bertz CT molecular complexity index is 1220. The third kappa shape index (κ3) is 2.86. The van der Waals surface area contributed by atoms with Gasteiger partial charge in [-0.1, -0.05) is 6.07 Å². The second-order valence-corrected chi connectivity index (χ2v) is 7.80. The summed E-state index contributed by atoms with van der Waals surface area (Å²) in [7, 11) is 0. The Labute approximate surface area is 176 Å². The van der Waals surface area contributed by atoms with Gasteiger partial charge >= 0.3 is 6.03 Å². The molecule has 1 atom stereocenters. The van der Waals surface area contributed by atoms with Crippen LogP contribution in [0, 0.1) is 28.5 Å². The maximum absolute atomic E-state index is 14.5. The van der Waals surface area contributed by atoms with Crippen LogP contribution < -0.4 is 15.4 Å². The molecule has 1 spiro atoms. The summed E-state index contributed by atoms with van der Waals surface area (Å²) in [5.74, 6) is -0.868. The zero-order valence-corrected chi connectivity index (χ0v) is 16.2. The molecule has 0 aromatic heterocycles. The monoisotopic (exact) mass is 417 g/mol. The number of anilines is 1. The second kappa shape index (κ2) is 6.71. The minimum Gasteiger partial charge on any atom is -0.491 e. The Morgan fingerprint density at radius 2 is 2.13 bits per heavy atom. The van der Waals surface area contributed by atoms with E-state index in [0.717, 1.165) is 11.6 Å². The van der Waals surface area contributed by atoms with E-state index in [1.807, 2.05) is 6.07 Å². The van der Waals surface area contributed by atoms with Crippen LogP contribution in [0.2, 0.25) is 0 Å². The number of benzene rings is 2. The molecule has 9 heteroatoms. The highest BCUT2D eigenvalue weighted by Gasteiger charge is 2.56. The summed E-state index contributed by atoms with van der Waals surface area (Å²) in [5, 5.41) is 24.0. The van der Waals surface area contributed by atoms with Crippen LogP contribution in [0.25, 0.3) is 0 Å². The fourth-order valence-electron chi connectivity index (χ4n) is 4.49. The molecule has 0 bridgehead atoms. The van der Waals surface area contributed by atoms with Crippen LogP contribution in [-0.2, 0) is 10.3 Å². The van der Waals surface area contributed by atoms with E-state index in [1.54, 1.807) is 18.2 Å². The van der Waals surface area contributed by atoms with Crippen molar-refractivity contribution in [3.63, 3.8) is 0 Å². The number of hydrogen-bond donors (Lipinski definition) is 2. The number of nitrogens with zero attached hydrogens (tertiary/aromatic N) is 3. The maximum Gasteiger partial charge on any atom is 0.323 e. The van der Waals surface area contributed by atoms with Gasteiger partial charge < -0.3 is 20.3 Å². The highest BCUT2D eigenvalue weighted by Crippen LogP contribution is 2.56. The summed E-state index contributed by atoms with van der Waals surface area (Å²) >= 11 is 0. The molecule has 1 saturated carbocycles. The molecule has 1 aliphatic carbocycles. The molecule has 2 aromatic rings. The van der Waals surface area contributed by atoms with Crippen LogP contribution in [0.1, 0.15) is 41.1 Å². The summed E-state index contributed by atoms with van der Waals surface area (Å²) < 4.78 is 19.9. The Kier molecular flexibility index (Phi) is 4.09. The first kappa shape index (κ1) is 18.9. The highest BCUT2D eigenvalue weighted by molar-refractivity contribution is 5.97. The average Bonchev–Trinajstić information content (AvgIpc) is 3.44. The smallest absolute Gasteiger partial charge is 0.323 e. The second-order valence-electron chi connectivity index (χ2n) is 7.80. The van der Waals surface area contributed by atoms with Crippen molar-refractivity contribution in [2.45, 2.75) is 24.4 Å². The topological polar surface area (TPSA) is 118 Å². The molecule has 2 aromatic carbocycles. The molecule has 1 fully saturated rings. The van der Waals surface area contributed by atoms with E-state index in [0.29, 0.717) is 24.1 Å². The summed E-state index contributed by atoms with van der Waals surface area (Å²) in [4.78, 5) is 27.0. The van der Waals surface area contributed by atoms with Gasteiger partial charge in [-0.05, 0) is 37.1 Å². The lowest BCUT2D eigenvalue weighted by molar-refractivity contribution is -0.123. The number of amides is 3. The first-order chi connectivity index (χ1) is 15.0. The van der Waals surface area contributed by atoms with E-state index in [1.165, 1.54) is 11.0 Å². The van der Waals surface area contributed by atoms with Gasteiger partial charge in [0.05, 0.1) is 40.4 Å². The lowest BCUT2D eigenvalue weighted by Gasteiger charge is -2.38. The molecule has 2 N–H and O–H groups in total. The Hall–Kier alpha value is -4.11. The number of ether oxygens (including phenoxy) is 1. The molecular weight excluding hydrogens is 401 g/mol. The van der Waals surface area contributed by atoms with Gasteiger partial charge in [0.1, 0.15) is 24.7 Å². The standard InChI is InChI=1S/C22H16FN5O3/c23-14-6-12(8-24)7-17-19(14)16(11-31-17)26-18(29)10-28-21(30)27-15-3-1-2-13(9-25)20(15)22(28)4-5-22/h1-3,6-7,16H,4-5,10-11H2,(H,26,29)(H,27,30)/t16-/m0/s1. The van der Waals surface area contributed by atoms with Crippen LogP contribution in [0.4, 0.5) is 14.9 Å². The molecule has 5 rings (SSSR count). The molecule has 2 aliphatic heterocycles. The number of hydrogen-bond acceptors (Lipinski definition) is 5. The number of nitriles is 2. The van der Waals surface area contributed by atoms with Gasteiger partial charge in [-0.15, -0.1) is 0 Å². The SMILES string of the molecule is N#Cc1cc(F)c2c(c1)OC[C@@H]2NC(=O)CN1C(=O)Nc2cccc(C#N)c2C12CC2. The van der Waals surface area contributed by atoms with Gasteiger partial charge in [0, 0.05) is 11.3 Å². The number of rotatable bonds is 3. The molecule has 0 radical (unpaired) electrons. The van der Waals surface area contributed by atoms with Crippen molar-refractivity contribution in [1.29, 1.82) is 10.5 Å². The lowest BCUT2D eigenvalue weighted by atomic mass is 9.93. The van der Waals surface area contributed by atoms with Gasteiger partial charge in [0.15, 0.2) is 0 Å². The molecule has 3 amide bonds. The van der Waals surface area contributed by atoms with Gasteiger partial charge in [0.2, 0.25) is 5.91 Å². The van der Waals surface area contributed by atoms with E-state index in [2.05, 4.69) is 16.7 Å². The van der Waals surface area contributed by atoms with Crippen LogP contribution >= 0.6 is 0 Å². The molecule has 31 heavy (non-hydrogen) atoms. The fourth-order valence-corrected chi connectivity index (χ4v) is 4.49. The molecular formula is C22H16FN5O3. The average molecular weight is 417 g/mol. The van der Waals surface area contributed by atoms with Crippen molar-refractivity contribution in [1.82, 2.24) is 10.2 Å². The minimum atomic E-state index is -0.722. The molecule has 8 nitrogen and oxygen atoms in total. The van der Waals surface area contributed by atoms with Gasteiger partial charge in [-0.25, -0.2) is 9.18 Å². The van der Waals surface area contributed by atoms with Crippen LogP contribution in [-0.4, -0.2) is 30.0 Å². The predicted octanol–water partition coefficient (Wildman–Crippen LogP) is 2.66. The van der Waals surface area contributed by atoms with Crippen molar-refractivity contribution in [2.24, 2.45) is 0 Å². The third-order valence-electron chi connectivity index (χ3n) is 5.99. The summed E-state index contributed by atoms with van der Waals surface area (Å²) in [6.45, 7) is -0.208. The van der Waals surface area contributed by atoms with E-state index in [4.69, 9.17) is 10.00 Å². The van der Waals surface area contributed by atoms with Gasteiger partial charge in [-0.3, -0.25) is 4.79 Å². The number of carbonyl (C=O) groups is 2. The van der Waals surface area contributed by atoms with Gasteiger partial charge in [0.25, 0.3) is 0 Å². The quantitative estimate of drug-likeness (QED) is 0.796.